The fourth-order valence-corrected chi connectivity index (χ4v) is 2.70. The molecule has 0 saturated carbocycles. The number of halogens is 1. The summed E-state index contributed by atoms with van der Waals surface area (Å²) in [6.45, 7) is 1.81. The molecule has 0 aliphatic heterocycles. The minimum Gasteiger partial charge on any atom is -0.506 e. The van der Waals surface area contributed by atoms with Gasteiger partial charge in [0, 0.05) is 18.0 Å². The lowest BCUT2D eigenvalue weighted by Gasteiger charge is -2.11. The quantitative estimate of drug-likeness (QED) is 0.263. The van der Waals surface area contributed by atoms with Crippen LogP contribution in [0.5, 0.6) is 0 Å². The van der Waals surface area contributed by atoms with Gasteiger partial charge in [0.25, 0.3) is 0 Å². The van der Waals surface area contributed by atoms with E-state index >= 15 is 0 Å². The molecule has 0 radical (unpaired) electrons. The van der Waals surface area contributed by atoms with Gasteiger partial charge in [-0.25, -0.2) is 4.79 Å². The second-order valence-corrected chi connectivity index (χ2v) is 6.24. The molecule has 0 aliphatic rings. The first kappa shape index (κ1) is 18.4. The average Bonchev–Trinajstić information content (AvgIpc) is 2.55. The number of aliphatic hydroxyl groups excluding tert-OH is 1. The first-order valence-electron chi connectivity index (χ1n) is 6.99. The third-order valence-electron chi connectivity index (χ3n) is 3.17. The molecule has 0 aliphatic carbocycles. The van der Waals surface area contributed by atoms with E-state index in [9.17, 15) is 9.90 Å². The maximum Gasteiger partial charge on any atom is 0.343 e. The number of aromatic nitrogens is 1. The Hall–Kier alpha value is -1.89. The topological polar surface area (TPSA) is 59.4 Å². The zero-order valence-electron chi connectivity index (χ0n) is 12.7. The number of thiol groups is 1. The van der Waals surface area contributed by atoms with Gasteiger partial charge in [-0.1, -0.05) is 29.9 Å². The highest BCUT2D eigenvalue weighted by Crippen LogP contribution is 2.30. The molecule has 2 aromatic rings. The summed E-state index contributed by atoms with van der Waals surface area (Å²) in [5.41, 5.74) is 1.87. The molecule has 2 rings (SSSR count). The smallest absolute Gasteiger partial charge is 0.343 e. The molecular weight excluding hydrogens is 366 g/mol. The van der Waals surface area contributed by atoms with E-state index in [2.05, 4.69) is 17.6 Å². The zero-order valence-corrected chi connectivity index (χ0v) is 15.2. The maximum atomic E-state index is 12.0. The fraction of sp³-hybridized carbons (Fsp3) is 0.118. The van der Waals surface area contributed by atoms with E-state index < -0.39 is 5.97 Å². The summed E-state index contributed by atoms with van der Waals surface area (Å²) in [5.74, 6) is -1.11. The predicted molar refractivity (Wildman–Crippen MR) is 102 cm³/mol. The fourth-order valence-electron chi connectivity index (χ4n) is 2.05. The summed E-state index contributed by atoms with van der Waals surface area (Å²) in [7, 11) is 0. The molecule has 1 N–H and O–H groups in total. The Bertz CT molecular complexity index is 807. The summed E-state index contributed by atoms with van der Waals surface area (Å²) in [5, 5.41) is 10.7. The van der Waals surface area contributed by atoms with Gasteiger partial charge >= 0.3 is 5.97 Å². The van der Waals surface area contributed by atoms with Crippen LogP contribution in [0.4, 0.5) is 0 Å². The van der Waals surface area contributed by atoms with Crippen LogP contribution in [-0.2, 0) is 9.53 Å². The highest BCUT2D eigenvalue weighted by Gasteiger charge is 2.22. The van der Waals surface area contributed by atoms with Crippen molar-refractivity contribution in [1.82, 2.24) is 4.98 Å². The molecule has 1 heterocycles. The molecule has 124 valence electrons. The van der Waals surface area contributed by atoms with Gasteiger partial charge in [0.15, 0.2) is 0 Å². The van der Waals surface area contributed by atoms with Crippen molar-refractivity contribution in [3.8, 4) is 11.1 Å². The Morgan fingerprint density at radius 1 is 1.29 bits per heavy atom. The molecule has 0 spiro atoms. The Balaban J connectivity index is 2.49. The summed E-state index contributed by atoms with van der Waals surface area (Å²) in [4.78, 5) is 15.9. The van der Waals surface area contributed by atoms with E-state index in [4.69, 9.17) is 28.6 Å². The molecule has 4 nitrogen and oxygen atoms in total. The molecule has 0 unspecified atom stereocenters. The number of thiocarbonyl (C=S) groups is 1. The number of ether oxygens (including phenoxy) is 1. The van der Waals surface area contributed by atoms with E-state index in [1.165, 1.54) is 0 Å². The number of esters is 1. The van der Waals surface area contributed by atoms with Crippen molar-refractivity contribution < 1.29 is 14.6 Å². The van der Waals surface area contributed by atoms with Crippen LogP contribution in [0.15, 0.2) is 48.3 Å². The molecule has 0 atom stereocenters. The van der Waals surface area contributed by atoms with Gasteiger partial charge in [0.05, 0.1) is 15.8 Å². The predicted octanol–water partition coefficient (Wildman–Crippen LogP) is 4.49. The van der Waals surface area contributed by atoms with Crippen LogP contribution in [-0.4, -0.2) is 26.9 Å². The van der Waals surface area contributed by atoms with Crippen LogP contribution in [0, 0.1) is 0 Å². The van der Waals surface area contributed by atoms with Gasteiger partial charge in [0.2, 0.25) is 0 Å². The Morgan fingerprint density at radius 2 is 1.96 bits per heavy atom. The number of hydrogen-bond acceptors (Lipinski definition) is 5. The number of hydrogen-bond donors (Lipinski definition) is 2. The zero-order chi connectivity index (χ0) is 17.7. The van der Waals surface area contributed by atoms with E-state index in [-0.39, 0.29) is 32.7 Å². The molecule has 0 amide bonds. The largest absolute Gasteiger partial charge is 0.506 e. The molecule has 1 aromatic carbocycles. The average molecular weight is 380 g/mol. The lowest BCUT2D eigenvalue weighted by Crippen LogP contribution is -2.14. The minimum absolute atomic E-state index is 0.0692. The number of nitrogens with zero attached hydrogens (tertiary/aromatic N) is 1. The van der Waals surface area contributed by atoms with E-state index in [1.807, 2.05) is 12.1 Å². The van der Waals surface area contributed by atoms with Crippen molar-refractivity contribution in [3.05, 3.63) is 58.9 Å². The van der Waals surface area contributed by atoms with E-state index in [0.29, 0.717) is 0 Å². The lowest BCUT2D eigenvalue weighted by molar-refractivity contribution is -0.137. The van der Waals surface area contributed by atoms with Gasteiger partial charge in [-0.2, -0.15) is 0 Å². The number of pyridine rings is 1. The van der Waals surface area contributed by atoms with Crippen LogP contribution in [0.2, 0.25) is 5.02 Å². The maximum absolute atomic E-state index is 12.0. The number of rotatable bonds is 5. The van der Waals surface area contributed by atoms with Crippen LogP contribution >= 0.6 is 36.4 Å². The molecule has 7 heteroatoms. The third kappa shape index (κ3) is 4.14. The second-order valence-electron chi connectivity index (χ2n) is 4.68. The van der Waals surface area contributed by atoms with Crippen LogP contribution in [0.25, 0.3) is 16.9 Å². The Kier molecular flexibility index (Phi) is 6.36. The Morgan fingerprint density at radius 3 is 2.50 bits per heavy atom. The number of aliphatic hydroxyl groups is 1. The number of carbonyl (C=O) groups is 1. The monoisotopic (exact) mass is 379 g/mol. The van der Waals surface area contributed by atoms with Gasteiger partial charge < -0.3 is 9.84 Å². The summed E-state index contributed by atoms with van der Waals surface area (Å²) >= 11 is 15.2. The molecule has 0 bridgehead atoms. The SMILES string of the molecule is CCOC(=O)/C(C(=S)S)=C(\O)c1ccc(-c2ccncc2)cc1Cl. The standard InChI is InChI=1S/C17H14ClNO3S2/c1-2-22-16(21)14(17(23)24)15(20)12-4-3-11(9-13(12)18)10-5-7-19-8-6-10/h3-9,20H,2H2,1H3,(H,23,24)/b15-14+. The van der Waals surface area contributed by atoms with Gasteiger partial charge in [-0.15, -0.1) is 12.6 Å². The van der Waals surface area contributed by atoms with E-state index in [0.717, 1.165) is 11.1 Å². The van der Waals surface area contributed by atoms with Crippen molar-refractivity contribution in [2.24, 2.45) is 0 Å². The highest BCUT2D eigenvalue weighted by atomic mass is 35.5. The number of benzene rings is 1. The summed E-state index contributed by atoms with van der Waals surface area (Å²) in [6, 6.07) is 8.75. The van der Waals surface area contributed by atoms with Crippen LogP contribution in [0.3, 0.4) is 0 Å². The second kappa shape index (κ2) is 8.28. The van der Waals surface area contributed by atoms with Crippen molar-refractivity contribution >= 4 is 52.4 Å². The van der Waals surface area contributed by atoms with Gasteiger partial charge in [0.1, 0.15) is 11.3 Å². The molecular formula is C17H14ClNO3S2. The number of carbonyl (C=O) groups excluding carboxylic acids is 1. The summed E-state index contributed by atoms with van der Waals surface area (Å²) < 4.78 is 4.83. The Labute approximate surface area is 155 Å². The molecule has 1 aromatic heterocycles. The van der Waals surface area contributed by atoms with Crippen molar-refractivity contribution in [2.75, 3.05) is 6.61 Å². The van der Waals surface area contributed by atoms with Crippen LogP contribution in [0.1, 0.15) is 12.5 Å². The summed E-state index contributed by atoms with van der Waals surface area (Å²) in [6.07, 6.45) is 3.35. The molecule has 0 fully saturated rings. The van der Waals surface area contributed by atoms with Gasteiger partial charge in [-0.3, -0.25) is 4.98 Å². The van der Waals surface area contributed by atoms with Crippen molar-refractivity contribution in [1.29, 1.82) is 0 Å². The minimum atomic E-state index is -0.746. The third-order valence-corrected chi connectivity index (χ3v) is 3.91. The first-order chi connectivity index (χ1) is 11.5. The van der Waals surface area contributed by atoms with E-state index in [1.54, 1.807) is 37.5 Å². The molecule has 0 saturated heterocycles. The van der Waals surface area contributed by atoms with Crippen LogP contribution < -0.4 is 0 Å². The highest BCUT2D eigenvalue weighted by molar-refractivity contribution is 8.12. The normalized spacial score (nSPS) is 11.6. The van der Waals surface area contributed by atoms with Gasteiger partial charge in [-0.05, 0) is 42.3 Å². The van der Waals surface area contributed by atoms with Crippen molar-refractivity contribution in [3.63, 3.8) is 0 Å². The first-order valence-corrected chi connectivity index (χ1v) is 8.23. The molecule has 24 heavy (non-hydrogen) atoms. The van der Waals surface area contributed by atoms with Crippen molar-refractivity contribution in [2.45, 2.75) is 6.92 Å². The lowest BCUT2D eigenvalue weighted by atomic mass is 10.0.